The Morgan fingerprint density at radius 1 is 1.27 bits per heavy atom. The van der Waals surface area contributed by atoms with Gasteiger partial charge in [0.05, 0.1) is 0 Å². The molecule has 1 aliphatic heterocycles. The first-order chi connectivity index (χ1) is 7.29. The van der Waals surface area contributed by atoms with Crippen molar-refractivity contribution in [2.75, 3.05) is 13.1 Å². The number of hydrogen-bond donors (Lipinski definition) is 1. The van der Waals surface area contributed by atoms with Crippen LogP contribution in [0.25, 0.3) is 0 Å². The first-order valence-electron chi connectivity index (χ1n) is 5.98. The Morgan fingerprint density at radius 3 is 2.47 bits per heavy atom. The molecule has 0 saturated heterocycles. The maximum atomic E-state index is 3.39. The quantitative estimate of drug-likeness (QED) is 0.725. The van der Waals surface area contributed by atoms with Crippen LogP contribution in [0.4, 0.5) is 0 Å². The lowest BCUT2D eigenvalue weighted by Crippen LogP contribution is -2.24. The number of allylic oxidation sites excluding steroid dienone is 3. The summed E-state index contributed by atoms with van der Waals surface area (Å²) in [6.07, 6.45) is 7.69. The molecule has 0 radical (unpaired) electrons. The van der Waals surface area contributed by atoms with Gasteiger partial charge in [-0.15, -0.1) is 0 Å². The van der Waals surface area contributed by atoms with Gasteiger partial charge >= 0.3 is 0 Å². The van der Waals surface area contributed by atoms with Crippen molar-refractivity contribution in [2.24, 2.45) is 0 Å². The molecule has 0 aromatic carbocycles. The fourth-order valence-electron chi connectivity index (χ4n) is 1.69. The van der Waals surface area contributed by atoms with Gasteiger partial charge in [-0.3, -0.25) is 0 Å². The lowest BCUT2D eigenvalue weighted by molar-refractivity contribution is 0.690. The normalized spacial score (nSPS) is 17.8. The highest BCUT2D eigenvalue weighted by atomic mass is 14.9. The molecular weight excluding hydrogens is 182 g/mol. The Kier molecular flexibility index (Phi) is 8.02. The SMILES string of the molecule is C/C=C\C1=C(C(/C)=C\C)CCNC1.CC. The van der Waals surface area contributed by atoms with Crippen LogP contribution >= 0.6 is 0 Å². The fourth-order valence-corrected chi connectivity index (χ4v) is 1.69. The third-order valence-corrected chi connectivity index (χ3v) is 2.53. The maximum absolute atomic E-state index is 3.39. The first-order valence-corrected chi connectivity index (χ1v) is 5.98. The lowest BCUT2D eigenvalue weighted by atomic mass is 9.95. The zero-order chi connectivity index (χ0) is 11.7. The van der Waals surface area contributed by atoms with Crippen molar-refractivity contribution in [1.29, 1.82) is 0 Å². The highest BCUT2D eigenvalue weighted by Gasteiger charge is 2.10. The summed E-state index contributed by atoms with van der Waals surface area (Å²) < 4.78 is 0. The Morgan fingerprint density at radius 2 is 1.93 bits per heavy atom. The summed E-state index contributed by atoms with van der Waals surface area (Å²) >= 11 is 0. The molecule has 0 bridgehead atoms. The molecule has 0 unspecified atom stereocenters. The van der Waals surface area contributed by atoms with Crippen LogP contribution in [0.1, 0.15) is 41.0 Å². The molecular formula is C14H25N. The molecule has 0 spiro atoms. The van der Waals surface area contributed by atoms with Gasteiger partial charge in [-0.1, -0.05) is 37.6 Å². The Balaban J connectivity index is 0.000000921. The van der Waals surface area contributed by atoms with Crippen molar-refractivity contribution in [3.8, 4) is 0 Å². The molecule has 1 N–H and O–H groups in total. The molecule has 1 nitrogen and oxygen atoms in total. The average Bonchev–Trinajstić information content (AvgIpc) is 2.32. The molecule has 0 amide bonds. The molecule has 1 heterocycles. The Labute approximate surface area is 95.0 Å². The minimum absolute atomic E-state index is 1.02. The van der Waals surface area contributed by atoms with Gasteiger partial charge in [-0.05, 0) is 44.9 Å². The van der Waals surface area contributed by atoms with Gasteiger partial charge in [0.1, 0.15) is 0 Å². The van der Waals surface area contributed by atoms with Gasteiger partial charge in [-0.2, -0.15) is 0 Å². The van der Waals surface area contributed by atoms with Crippen LogP contribution in [0.2, 0.25) is 0 Å². The van der Waals surface area contributed by atoms with E-state index >= 15 is 0 Å². The molecule has 15 heavy (non-hydrogen) atoms. The van der Waals surface area contributed by atoms with Crippen LogP contribution in [-0.4, -0.2) is 13.1 Å². The summed E-state index contributed by atoms with van der Waals surface area (Å²) in [6.45, 7) is 12.5. The van der Waals surface area contributed by atoms with Gasteiger partial charge in [0.25, 0.3) is 0 Å². The second kappa shape index (κ2) is 8.49. The van der Waals surface area contributed by atoms with Crippen molar-refractivity contribution in [3.63, 3.8) is 0 Å². The van der Waals surface area contributed by atoms with E-state index in [4.69, 9.17) is 0 Å². The minimum Gasteiger partial charge on any atom is -0.312 e. The highest BCUT2D eigenvalue weighted by Crippen LogP contribution is 2.21. The highest BCUT2D eigenvalue weighted by molar-refractivity contribution is 5.41. The standard InChI is InChI=1S/C12H19N.C2H6/c1-4-6-11-9-13-8-7-12(11)10(3)5-2;1-2/h4-6,13H,7-9H2,1-3H3;1-2H3/b6-4-,10-5-;. The topological polar surface area (TPSA) is 12.0 Å². The lowest BCUT2D eigenvalue weighted by Gasteiger charge is -2.19. The molecule has 1 aliphatic rings. The summed E-state index contributed by atoms with van der Waals surface area (Å²) in [5.41, 5.74) is 4.40. The average molecular weight is 207 g/mol. The fraction of sp³-hybridized carbons (Fsp3) is 0.571. The molecule has 0 saturated carbocycles. The Hall–Kier alpha value is -0.820. The van der Waals surface area contributed by atoms with Crippen LogP contribution in [-0.2, 0) is 0 Å². The molecule has 0 fully saturated rings. The van der Waals surface area contributed by atoms with E-state index in [9.17, 15) is 0 Å². The first kappa shape index (κ1) is 14.2. The summed E-state index contributed by atoms with van der Waals surface area (Å²) in [7, 11) is 0. The summed E-state index contributed by atoms with van der Waals surface area (Å²) in [4.78, 5) is 0. The zero-order valence-corrected chi connectivity index (χ0v) is 10.9. The van der Waals surface area contributed by atoms with E-state index < -0.39 is 0 Å². The predicted molar refractivity (Wildman–Crippen MR) is 70.1 cm³/mol. The van der Waals surface area contributed by atoms with Crippen molar-refractivity contribution < 1.29 is 0 Å². The molecule has 0 aromatic rings. The van der Waals surface area contributed by atoms with Crippen molar-refractivity contribution in [2.45, 2.75) is 41.0 Å². The third-order valence-electron chi connectivity index (χ3n) is 2.53. The van der Waals surface area contributed by atoms with E-state index in [-0.39, 0.29) is 0 Å². The number of hydrogen-bond acceptors (Lipinski definition) is 1. The van der Waals surface area contributed by atoms with E-state index in [2.05, 4.69) is 44.3 Å². The smallest absolute Gasteiger partial charge is 0.0208 e. The van der Waals surface area contributed by atoms with E-state index in [1.165, 1.54) is 16.7 Å². The van der Waals surface area contributed by atoms with Gasteiger partial charge in [0, 0.05) is 6.54 Å². The van der Waals surface area contributed by atoms with Crippen LogP contribution in [0.15, 0.2) is 34.9 Å². The van der Waals surface area contributed by atoms with E-state index in [0.29, 0.717) is 0 Å². The van der Waals surface area contributed by atoms with Crippen LogP contribution in [0, 0.1) is 0 Å². The third kappa shape index (κ3) is 4.48. The van der Waals surface area contributed by atoms with E-state index in [1.54, 1.807) is 0 Å². The van der Waals surface area contributed by atoms with Gasteiger partial charge in [-0.25, -0.2) is 0 Å². The van der Waals surface area contributed by atoms with Gasteiger partial charge in [0.2, 0.25) is 0 Å². The van der Waals surface area contributed by atoms with Crippen molar-refractivity contribution in [3.05, 3.63) is 34.9 Å². The molecule has 0 aliphatic carbocycles. The molecule has 1 heteroatoms. The minimum atomic E-state index is 1.02. The largest absolute Gasteiger partial charge is 0.312 e. The van der Waals surface area contributed by atoms with Crippen molar-refractivity contribution >= 4 is 0 Å². The second-order valence-corrected chi connectivity index (χ2v) is 3.40. The van der Waals surface area contributed by atoms with Crippen LogP contribution < -0.4 is 5.32 Å². The van der Waals surface area contributed by atoms with Gasteiger partial charge in [0.15, 0.2) is 0 Å². The summed E-state index contributed by atoms with van der Waals surface area (Å²) in [6, 6.07) is 0. The molecule has 0 atom stereocenters. The number of nitrogens with one attached hydrogen (secondary N) is 1. The molecule has 86 valence electrons. The maximum Gasteiger partial charge on any atom is 0.0208 e. The van der Waals surface area contributed by atoms with Crippen LogP contribution in [0.3, 0.4) is 0 Å². The van der Waals surface area contributed by atoms with E-state index in [1.807, 2.05) is 13.8 Å². The van der Waals surface area contributed by atoms with Crippen molar-refractivity contribution in [1.82, 2.24) is 5.32 Å². The second-order valence-electron chi connectivity index (χ2n) is 3.40. The predicted octanol–water partition coefficient (Wildman–Crippen LogP) is 3.84. The monoisotopic (exact) mass is 207 g/mol. The summed E-state index contributed by atoms with van der Waals surface area (Å²) in [5, 5.41) is 3.39. The van der Waals surface area contributed by atoms with E-state index in [0.717, 1.165) is 19.5 Å². The molecule has 1 rings (SSSR count). The van der Waals surface area contributed by atoms with Gasteiger partial charge < -0.3 is 5.32 Å². The van der Waals surface area contributed by atoms with Crippen LogP contribution in [0.5, 0.6) is 0 Å². The Bertz CT molecular complexity index is 257. The molecule has 0 aromatic heterocycles. The summed E-state index contributed by atoms with van der Waals surface area (Å²) in [5.74, 6) is 0. The zero-order valence-electron chi connectivity index (χ0n) is 10.9. The number of rotatable bonds is 2.